The Bertz CT molecular complexity index is 1100. The number of nitrogens with zero attached hydrogens (tertiary/aromatic N) is 6. The summed E-state index contributed by atoms with van der Waals surface area (Å²) in [4.78, 5) is 12.8. The molecule has 0 radical (unpaired) electrons. The van der Waals surface area contributed by atoms with Crippen LogP contribution in [0.15, 0.2) is 36.5 Å². The van der Waals surface area contributed by atoms with Crippen molar-refractivity contribution in [1.82, 2.24) is 24.6 Å². The summed E-state index contributed by atoms with van der Waals surface area (Å²) in [5.74, 6) is -0.456. The lowest BCUT2D eigenvalue weighted by Crippen LogP contribution is -2.46. The van der Waals surface area contributed by atoms with Crippen molar-refractivity contribution >= 4 is 29.2 Å². The molecule has 1 aliphatic heterocycles. The maximum Gasteiger partial charge on any atom is 0.254 e. The van der Waals surface area contributed by atoms with Gasteiger partial charge in [-0.25, -0.2) is 13.5 Å². The third-order valence-electron chi connectivity index (χ3n) is 5.53. The van der Waals surface area contributed by atoms with Crippen molar-refractivity contribution in [2.75, 3.05) is 43.4 Å². The third-order valence-corrected chi connectivity index (χ3v) is 5.72. The van der Waals surface area contributed by atoms with Gasteiger partial charge in [0.2, 0.25) is 0 Å². The molecule has 7 nitrogen and oxygen atoms in total. The molecule has 2 aromatic heterocycles. The molecule has 0 spiro atoms. The van der Waals surface area contributed by atoms with Crippen LogP contribution in [0, 0.1) is 11.6 Å². The summed E-state index contributed by atoms with van der Waals surface area (Å²) in [6.45, 7) is 5.90. The first-order valence-electron chi connectivity index (χ1n) is 10.9. The Labute approximate surface area is 196 Å². The molecule has 0 saturated carbocycles. The molecule has 0 atom stereocenters. The van der Waals surface area contributed by atoms with E-state index in [2.05, 4.69) is 39.0 Å². The normalized spacial score (nSPS) is 15.0. The van der Waals surface area contributed by atoms with Gasteiger partial charge in [-0.3, -0.25) is 4.90 Å². The van der Waals surface area contributed by atoms with Gasteiger partial charge in [0.05, 0.1) is 11.9 Å². The number of rotatable bonds is 7. The SMILES string of the molecule is CCCc1c(/C=C/CN2CCN(c3cc(F)cc(F)c3)CC2)cnn1-c1nc(N)cc(Cl)n1. The average molecular weight is 474 g/mol. The second-order valence-corrected chi connectivity index (χ2v) is 8.33. The van der Waals surface area contributed by atoms with E-state index in [-0.39, 0.29) is 5.15 Å². The fraction of sp³-hybridized carbons (Fsp3) is 0.348. The number of piperazine rings is 1. The van der Waals surface area contributed by atoms with Crippen LogP contribution in [0.5, 0.6) is 0 Å². The number of halogens is 3. The number of benzene rings is 1. The number of aromatic nitrogens is 4. The Kier molecular flexibility index (Phi) is 7.20. The highest BCUT2D eigenvalue weighted by atomic mass is 35.5. The van der Waals surface area contributed by atoms with E-state index in [1.807, 2.05) is 4.90 Å². The fourth-order valence-electron chi connectivity index (χ4n) is 3.94. The zero-order valence-corrected chi connectivity index (χ0v) is 19.1. The highest BCUT2D eigenvalue weighted by Crippen LogP contribution is 2.21. The van der Waals surface area contributed by atoms with Crippen LogP contribution in [0.25, 0.3) is 12.0 Å². The smallest absolute Gasteiger partial charge is 0.254 e. The van der Waals surface area contributed by atoms with Gasteiger partial charge in [-0.15, -0.1) is 0 Å². The van der Waals surface area contributed by atoms with Gasteiger partial charge < -0.3 is 10.6 Å². The third kappa shape index (κ3) is 5.66. The van der Waals surface area contributed by atoms with Gasteiger partial charge in [-0.2, -0.15) is 15.1 Å². The molecule has 1 fully saturated rings. The van der Waals surface area contributed by atoms with E-state index in [1.165, 1.54) is 18.2 Å². The number of anilines is 2. The molecule has 1 saturated heterocycles. The van der Waals surface area contributed by atoms with Crippen LogP contribution < -0.4 is 10.6 Å². The van der Waals surface area contributed by atoms with Crippen molar-refractivity contribution in [3.05, 3.63) is 64.6 Å². The molecule has 174 valence electrons. The molecule has 3 aromatic rings. The Morgan fingerprint density at radius 2 is 1.79 bits per heavy atom. The number of nitrogens with two attached hydrogens (primary N) is 1. The van der Waals surface area contributed by atoms with E-state index >= 15 is 0 Å². The standard InChI is InChI=1S/C23H26ClF2N7/c1-2-4-20-16(15-28-33(20)23-29-21(24)14-22(27)30-23)5-3-6-31-7-9-32(10-8-31)19-12-17(25)11-18(26)13-19/h3,5,11-15H,2,4,6-10H2,1H3,(H2,27,29,30)/b5-3+. The average Bonchev–Trinajstić information content (AvgIpc) is 3.16. The van der Waals surface area contributed by atoms with Gasteiger partial charge >= 0.3 is 0 Å². The van der Waals surface area contributed by atoms with Crippen molar-refractivity contribution in [3.63, 3.8) is 0 Å². The van der Waals surface area contributed by atoms with Crippen LogP contribution >= 0.6 is 11.6 Å². The van der Waals surface area contributed by atoms with Crippen LogP contribution in [-0.2, 0) is 6.42 Å². The molecule has 1 aliphatic rings. The van der Waals surface area contributed by atoms with Gasteiger partial charge in [0.1, 0.15) is 22.6 Å². The van der Waals surface area contributed by atoms with Gasteiger partial charge in [0.15, 0.2) is 0 Å². The molecule has 3 heterocycles. The molecule has 1 aromatic carbocycles. The molecular weight excluding hydrogens is 448 g/mol. The fourth-order valence-corrected chi connectivity index (χ4v) is 4.13. The minimum Gasteiger partial charge on any atom is -0.383 e. The van der Waals surface area contributed by atoms with Gasteiger partial charge in [0, 0.05) is 56.1 Å². The molecule has 33 heavy (non-hydrogen) atoms. The summed E-state index contributed by atoms with van der Waals surface area (Å²) in [7, 11) is 0. The lowest BCUT2D eigenvalue weighted by molar-refractivity contribution is 0.284. The van der Waals surface area contributed by atoms with Gasteiger partial charge in [-0.1, -0.05) is 37.1 Å². The number of hydrogen-bond donors (Lipinski definition) is 1. The van der Waals surface area contributed by atoms with E-state index in [0.29, 0.717) is 30.5 Å². The first kappa shape index (κ1) is 23.1. The molecule has 10 heteroatoms. The number of nitrogen functional groups attached to an aromatic ring is 1. The van der Waals surface area contributed by atoms with Crippen LogP contribution in [-0.4, -0.2) is 57.4 Å². The van der Waals surface area contributed by atoms with E-state index in [4.69, 9.17) is 17.3 Å². The summed E-state index contributed by atoms with van der Waals surface area (Å²) >= 11 is 6.04. The minimum absolute atomic E-state index is 0.271. The van der Waals surface area contributed by atoms with Crippen LogP contribution in [0.3, 0.4) is 0 Å². The van der Waals surface area contributed by atoms with E-state index in [9.17, 15) is 8.78 Å². The predicted octanol–water partition coefficient (Wildman–Crippen LogP) is 3.96. The maximum atomic E-state index is 13.5. The lowest BCUT2D eigenvalue weighted by Gasteiger charge is -2.35. The van der Waals surface area contributed by atoms with Crippen LogP contribution in [0.2, 0.25) is 5.15 Å². The summed E-state index contributed by atoms with van der Waals surface area (Å²) in [5.41, 5.74) is 8.39. The molecule has 2 N–H and O–H groups in total. The lowest BCUT2D eigenvalue weighted by atomic mass is 10.1. The number of hydrogen-bond acceptors (Lipinski definition) is 6. The Morgan fingerprint density at radius 3 is 2.45 bits per heavy atom. The molecule has 0 bridgehead atoms. The van der Waals surface area contributed by atoms with E-state index < -0.39 is 11.6 Å². The predicted molar refractivity (Wildman–Crippen MR) is 127 cm³/mol. The van der Waals surface area contributed by atoms with Crippen molar-refractivity contribution in [2.24, 2.45) is 0 Å². The monoisotopic (exact) mass is 473 g/mol. The topological polar surface area (TPSA) is 76.1 Å². The summed E-state index contributed by atoms with van der Waals surface area (Å²) < 4.78 is 28.7. The Balaban J connectivity index is 1.40. The van der Waals surface area contributed by atoms with Gasteiger partial charge in [-0.05, 0) is 18.6 Å². The first-order chi connectivity index (χ1) is 15.9. The van der Waals surface area contributed by atoms with E-state index in [1.54, 1.807) is 10.9 Å². The molecule has 0 unspecified atom stereocenters. The van der Waals surface area contributed by atoms with E-state index in [0.717, 1.165) is 49.8 Å². The largest absolute Gasteiger partial charge is 0.383 e. The summed E-state index contributed by atoms with van der Waals surface area (Å²) in [6.07, 6.45) is 7.68. The van der Waals surface area contributed by atoms with Crippen LogP contribution in [0.4, 0.5) is 20.3 Å². The van der Waals surface area contributed by atoms with Crippen molar-refractivity contribution in [3.8, 4) is 5.95 Å². The summed E-state index contributed by atoms with van der Waals surface area (Å²) in [6, 6.07) is 5.15. The quantitative estimate of drug-likeness (QED) is 0.523. The van der Waals surface area contributed by atoms with Gasteiger partial charge in [0.25, 0.3) is 5.95 Å². The zero-order valence-electron chi connectivity index (χ0n) is 18.4. The van der Waals surface area contributed by atoms with Crippen LogP contribution in [0.1, 0.15) is 24.6 Å². The highest BCUT2D eigenvalue weighted by Gasteiger charge is 2.18. The Hall–Kier alpha value is -3.04. The second-order valence-electron chi connectivity index (χ2n) is 7.94. The maximum absolute atomic E-state index is 13.5. The highest BCUT2D eigenvalue weighted by molar-refractivity contribution is 6.29. The molecule has 0 amide bonds. The zero-order chi connectivity index (χ0) is 23.4. The second kappa shape index (κ2) is 10.3. The molecule has 0 aliphatic carbocycles. The molecule has 4 rings (SSSR count). The first-order valence-corrected chi connectivity index (χ1v) is 11.3. The van der Waals surface area contributed by atoms with Crippen molar-refractivity contribution in [1.29, 1.82) is 0 Å². The van der Waals surface area contributed by atoms with Crippen molar-refractivity contribution in [2.45, 2.75) is 19.8 Å². The summed E-state index contributed by atoms with van der Waals surface area (Å²) in [5, 5.41) is 4.73. The minimum atomic E-state index is -0.551. The Morgan fingerprint density at radius 1 is 1.06 bits per heavy atom. The van der Waals surface area contributed by atoms with Crippen molar-refractivity contribution < 1.29 is 8.78 Å². The molecular formula is C23H26ClF2N7.